The number of hydrogen-bond acceptors (Lipinski definition) is 2. The molecule has 0 radical (unpaired) electrons. The third-order valence-corrected chi connectivity index (χ3v) is 4.05. The van der Waals surface area contributed by atoms with Crippen LogP contribution in [-0.4, -0.2) is 5.91 Å². The quantitative estimate of drug-likeness (QED) is 0.804. The van der Waals surface area contributed by atoms with Gasteiger partial charge < -0.3 is 5.32 Å². The number of amides is 1. The number of aryl methyl sites for hydroxylation is 1. The molecule has 2 rings (SSSR count). The highest BCUT2D eigenvalue weighted by molar-refractivity contribution is 14.1. The second-order valence-corrected chi connectivity index (χ2v) is 6.36. The molecule has 88 valence electrons. The monoisotopic (exact) mass is 361 g/mol. The van der Waals surface area contributed by atoms with Crippen molar-refractivity contribution < 1.29 is 9.18 Å². The lowest BCUT2D eigenvalue weighted by Crippen LogP contribution is -2.11. The second kappa shape index (κ2) is 5.14. The molecule has 0 bridgehead atoms. The summed E-state index contributed by atoms with van der Waals surface area (Å²) in [5.41, 5.74) is 1.63. The summed E-state index contributed by atoms with van der Waals surface area (Å²) in [6, 6.07) is 6.45. The summed E-state index contributed by atoms with van der Waals surface area (Å²) in [6.45, 7) is 1.68. The number of anilines is 1. The molecule has 5 heteroatoms. The normalized spacial score (nSPS) is 10.3. The standard InChI is InChI=1S/C12H9FINOS/c1-7-2-3-9(5-10(7)13)15-12(16)8-4-11(14)17-6-8/h2-6H,1H3,(H,15,16). The Kier molecular flexibility index (Phi) is 3.78. The SMILES string of the molecule is Cc1ccc(NC(=O)c2csc(I)c2)cc1F. The predicted molar refractivity (Wildman–Crippen MR) is 76.1 cm³/mol. The molecular formula is C12H9FINOS. The maximum absolute atomic E-state index is 13.3. The Bertz CT molecular complexity index is 567. The molecule has 0 fully saturated rings. The van der Waals surface area contributed by atoms with E-state index in [0.717, 1.165) is 2.88 Å². The largest absolute Gasteiger partial charge is 0.322 e. The van der Waals surface area contributed by atoms with Crippen molar-refractivity contribution in [2.45, 2.75) is 6.92 Å². The number of rotatable bonds is 2. The Hall–Kier alpha value is -0.950. The molecule has 1 aromatic heterocycles. The van der Waals surface area contributed by atoms with E-state index < -0.39 is 0 Å². The van der Waals surface area contributed by atoms with Crippen molar-refractivity contribution in [3.05, 3.63) is 49.5 Å². The minimum atomic E-state index is -0.317. The number of thiophene rings is 1. The van der Waals surface area contributed by atoms with Gasteiger partial charge in [0.25, 0.3) is 5.91 Å². The molecule has 0 atom stereocenters. The summed E-state index contributed by atoms with van der Waals surface area (Å²) in [6.07, 6.45) is 0. The summed E-state index contributed by atoms with van der Waals surface area (Å²) in [5, 5.41) is 4.44. The van der Waals surface area contributed by atoms with Crippen LogP contribution in [0.5, 0.6) is 0 Å². The van der Waals surface area contributed by atoms with E-state index in [9.17, 15) is 9.18 Å². The Labute approximate surface area is 116 Å². The van der Waals surface area contributed by atoms with Crippen LogP contribution in [0.1, 0.15) is 15.9 Å². The maximum atomic E-state index is 13.3. The molecule has 0 aliphatic rings. The summed E-state index contributed by atoms with van der Waals surface area (Å²) in [4.78, 5) is 11.8. The van der Waals surface area contributed by atoms with Gasteiger partial charge in [-0.25, -0.2) is 4.39 Å². The highest BCUT2D eigenvalue weighted by atomic mass is 127. The summed E-state index contributed by atoms with van der Waals surface area (Å²) in [7, 11) is 0. The third-order valence-electron chi connectivity index (χ3n) is 2.26. The van der Waals surface area contributed by atoms with Crippen molar-refractivity contribution in [2.75, 3.05) is 5.32 Å². The van der Waals surface area contributed by atoms with Crippen molar-refractivity contribution >= 4 is 45.5 Å². The molecule has 0 spiro atoms. The summed E-state index contributed by atoms with van der Waals surface area (Å²) >= 11 is 3.65. The van der Waals surface area contributed by atoms with Crippen molar-refractivity contribution in [1.29, 1.82) is 0 Å². The van der Waals surface area contributed by atoms with Gasteiger partial charge in [0.2, 0.25) is 0 Å². The van der Waals surface area contributed by atoms with Gasteiger partial charge in [0.15, 0.2) is 0 Å². The van der Waals surface area contributed by atoms with E-state index in [1.54, 1.807) is 30.5 Å². The molecule has 0 unspecified atom stereocenters. The number of carbonyl (C=O) groups excluding carboxylic acids is 1. The molecule has 0 saturated heterocycles. The minimum absolute atomic E-state index is 0.215. The van der Waals surface area contributed by atoms with Crippen molar-refractivity contribution in [3.63, 3.8) is 0 Å². The van der Waals surface area contributed by atoms with Gasteiger partial charge in [-0.05, 0) is 53.3 Å². The van der Waals surface area contributed by atoms with E-state index in [1.807, 2.05) is 0 Å². The number of nitrogens with one attached hydrogen (secondary N) is 1. The van der Waals surface area contributed by atoms with Gasteiger partial charge in [0, 0.05) is 11.1 Å². The molecule has 2 aromatic rings. The maximum Gasteiger partial charge on any atom is 0.256 e. The van der Waals surface area contributed by atoms with Crippen molar-refractivity contribution in [3.8, 4) is 0 Å². The lowest BCUT2D eigenvalue weighted by Gasteiger charge is -2.04. The first-order valence-corrected chi connectivity index (χ1v) is 6.83. The van der Waals surface area contributed by atoms with Crippen LogP contribution >= 0.6 is 33.9 Å². The number of halogens is 2. The first-order valence-electron chi connectivity index (χ1n) is 4.88. The van der Waals surface area contributed by atoms with Gasteiger partial charge in [-0.1, -0.05) is 6.07 Å². The molecule has 0 saturated carbocycles. The highest BCUT2D eigenvalue weighted by Crippen LogP contribution is 2.19. The number of hydrogen-bond donors (Lipinski definition) is 1. The van der Waals surface area contributed by atoms with Crippen LogP contribution in [0.25, 0.3) is 0 Å². The predicted octanol–water partition coefficient (Wildman–Crippen LogP) is 4.05. The average Bonchev–Trinajstić information content (AvgIpc) is 2.70. The van der Waals surface area contributed by atoms with E-state index in [-0.39, 0.29) is 11.7 Å². The van der Waals surface area contributed by atoms with Gasteiger partial charge >= 0.3 is 0 Å². The van der Waals surface area contributed by atoms with Crippen LogP contribution in [0.4, 0.5) is 10.1 Å². The Morgan fingerprint density at radius 1 is 1.41 bits per heavy atom. The lowest BCUT2D eigenvalue weighted by atomic mass is 10.2. The van der Waals surface area contributed by atoms with Gasteiger partial charge in [-0.2, -0.15) is 0 Å². The van der Waals surface area contributed by atoms with E-state index in [2.05, 4.69) is 27.9 Å². The lowest BCUT2D eigenvalue weighted by molar-refractivity contribution is 0.102. The zero-order valence-electron chi connectivity index (χ0n) is 8.96. The minimum Gasteiger partial charge on any atom is -0.322 e. The van der Waals surface area contributed by atoms with Gasteiger partial charge in [-0.3, -0.25) is 4.79 Å². The second-order valence-electron chi connectivity index (χ2n) is 3.56. The Morgan fingerprint density at radius 2 is 2.18 bits per heavy atom. The topological polar surface area (TPSA) is 29.1 Å². The fraction of sp³-hybridized carbons (Fsp3) is 0.0833. The summed E-state index contributed by atoms with van der Waals surface area (Å²) < 4.78 is 14.3. The smallest absolute Gasteiger partial charge is 0.256 e. The van der Waals surface area contributed by atoms with Crippen LogP contribution in [0.3, 0.4) is 0 Å². The van der Waals surface area contributed by atoms with Gasteiger partial charge in [0.05, 0.1) is 8.45 Å². The van der Waals surface area contributed by atoms with Crippen LogP contribution in [0.15, 0.2) is 29.6 Å². The van der Waals surface area contributed by atoms with Crippen molar-refractivity contribution in [1.82, 2.24) is 0 Å². The highest BCUT2D eigenvalue weighted by Gasteiger charge is 2.09. The first-order chi connectivity index (χ1) is 8.06. The number of benzene rings is 1. The fourth-order valence-corrected chi connectivity index (χ4v) is 2.63. The summed E-state index contributed by atoms with van der Waals surface area (Å²) in [5.74, 6) is -0.532. The van der Waals surface area contributed by atoms with E-state index in [0.29, 0.717) is 16.8 Å². The first kappa shape index (κ1) is 12.5. The Balaban J connectivity index is 2.15. The molecule has 1 aromatic carbocycles. The van der Waals surface area contributed by atoms with Gasteiger partial charge in [-0.15, -0.1) is 11.3 Å². The van der Waals surface area contributed by atoms with E-state index >= 15 is 0 Å². The fourth-order valence-electron chi connectivity index (χ4n) is 1.30. The zero-order chi connectivity index (χ0) is 12.4. The molecule has 17 heavy (non-hydrogen) atoms. The van der Waals surface area contributed by atoms with Crippen LogP contribution in [-0.2, 0) is 0 Å². The Morgan fingerprint density at radius 3 is 2.76 bits per heavy atom. The molecule has 0 aliphatic carbocycles. The van der Waals surface area contributed by atoms with Crippen molar-refractivity contribution in [2.24, 2.45) is 0 Å². The third kappa shape index (κ3) is 3.04. The molecule has 1 heterocycles. The molecular weight excluding hydrogens is 352 g/mol. The van der Waals surface area contributed by atoms with E-state index in [4.69, 9.17) is 0 Å². The van der Waals surface area contributed by atoms with Crippen LogP contribution in [0, 0.1) is 15.6 Å². The van der Waals surface area contributed by atoms with E-state index in [1.165, 1.54) is 17.4 Å². The number of carbonyl (C=O) groups is 1. The molecule has 1 amide bonds. The zero-order valence-corrected chi connectivity index (χ0v) is 11.9. The van der Waals surface area contributed by atoms with Gasteiger partial charge in [0.1, 0.15) is 5.82 Å². The van der Waals surface area contributed by atoms with Crippen LogP contribution < -0.4 is 5.32 Å². The molecule has 1 N–H and O–H groups in total. The molecule has 0 aliphatic heterocycles. The van der Waals surface area contributed by atoms with Crippen LogP contribution in [0.2, 0.25) is 0 Å². The average molecular weight is 361 g/mol. The molecule has 2 nitrogen and oxygen atoms in total.